The summed E-state index contributed by atoms with van der Waals surface area (Å²) in [5, 5.41) is 3.89. The van der Waals surface area contributed by atoms with E-state index in [0.29, 0.717) is 0 Å². The van der Waals surface area contributed by atoms with Crippen LogP contribution in [0.25, 0.3) is 5.57 Å². The third kappa shape index (κ3) is 3.07. The zero-order valence-electron chi connectivity index (χ0n) is 11.0. The fourth-order valence-electron chi connectivity index (χ4n) is 1.63. The molecular formula is C14H18O3S. The zero-order valence-corrected chi connectivity index (χ0v) is 11.8. The Kier molecular flexibility index (Phi) is 4.84. The Morgan fingerprint density at radius 2 is 2.17 bits per heavy atom. The second kappa shape index (κ2) is 5.96. The second-order valence-electron chi connectivity index (χ2n) is 4.40. The third-order valence-electron chi connectivity index (χ3n) is 3.00. The lowest BCUT2D eigenvalue weighted by Crippen LogP contribution is -2.36. The highest BCUT2D eigenvalue weighted by molar-refractivity contribution is 7.08. The van der Waals surface area contributed by atoms with E-state index in [9.17, 15) is 9.59 Å². The first kappa shape index (κ1) is 14.6. The fraction of sp³-hybridized carbons (Fsp3) is 0.429. The number of allylic oxidation sites excluding steroid dienone is 1. The van der Waals surface area contributed by atoms with Crippen LogP contribution in [0.3, 0.4) is 0 Å². The topological polar surface area (TPSA) is 43.4 Å². The van der Waals surface area contributed by atoms with Gasteiger partial charge in [-0.1, -0.05) is 6.58 Å². The molecular weight excluding hydrogens is 248 g/mol. The Bertz CT molecular complexity index is 448. The maximum atomic E-state index is 11.9. The van der Waals surface area contributed by atoms with Crippen LogP contribution in [0.5, 0.6) is 0 Å². The van der Waals surface area contributed by atoms with Crippen LogP contribution in [-0.2, 0) is 14.3 Å². The summed E-state index contributed by atoms with van der Waals surface area (Å²) < 4.78 is 4.99. The predicted molar refractivity (Wildman–Crippen MR) is 73.4 cm³/mol. The van der Waals surface area contributed by atoms with E-state index in [0.717, 1.165) is 11.1 Å². The van der Waals surface area contributed by atoms with Crippen molar-refractivity contribution in [2.75, 3.05) is 6.61 Å². The molecule has 0 N–H and O–H groups in total. The Morgan fingerprint density at radius 1 is 1.50 bits per heavy atom. The van der Waals surface area contributed by atoms with Crippen molar-refractivity contribution >= 4 is 28.7 Å². The molecule has 0 saturated heterocycles. The van der Waals surface area contributed by atoms with Gasteiger partial charge < -0.3 is 4.74 Å². The third-order valence-corrected chi connectivity index (χ3v) is 3.68. The van der Waals surface area contributed by atoms with E-state index in [2.05, 4.69) is 6.58 Å². The van der Waals surface area contributed by atoms with E-state index >= 15 is 0 Å². The van der Waals surface area contributed by atoms with Gasteiger partial charge in [-0.15, -0.1) is 0 Å². The molecule has 1 aromatic heterocycles. The average molecular weight is 266 g/mol. The first-order valence-corrected chi connectivity index (χ1v) is 6.74. The largest absolute Gasteiger partial charge is 0.465 e. The standard InChI is InChI=1S/C14H18O3S/c1-5-17-13(16)14(4,11(3)15)8-10(2)12-6-7-18-9-12/h6-7,9H,2,5,8H2,1,3-4H3/t14-/m1/s1. The van der Waals surface area contributed by atoms with Crippen LogP contribution >= 0.6 is 11.3 Å². The summed E-state index contributed by atoms with van der Waals surface area (Å²) in [4.78, 5) is 23.7. The SMILES string of the molecule is C=C(C[C@](C)(C(C)=O)C(=O)OCC)c1ccsc1. The normalized spacial score (nSPS) is 13.7. The van der Waals surface area contributed by atoms with Crippen LogP contribution in [-0.4, -0.2) is 18.4 Å². The first-order valence-electron chi connectivity index (χ1n) is 5.80. The van der Waals surface area contributed by atoms with E-state index in [1.165, 1.54) is 6.92 Å². The fourth-order valence-corrected chi connectivity index (χ4v) is 2.32. The average Bonchev–Trinajstić information content (AvgIpc) is 2.82. The van der Waals surface area contributed by atoms with Crippen molar-refractivity contribution < 1.29 is 14.3 Å². The lowest BCUT2D eigenvalue weighted by Gasteiger charge is -2.25. The van der Waals surface area contributed by atoms with E-state index < -0.39 is 11.4 Å². The molecule has 1 aromatic rings. The number of carbonyl (C=O) groups excluding carboxylic acids is 2. The van der Waals surface area contributed by atoms with E-state index in [-0.39, 0.29) is 18.8 Å². The van der Waals surface area contributed by atoms with E-state index in [4.69, 9.17) is 4.74 Å². The van der Waals surface area contributed by atoms with Gasteiger partial charge in [-0.3, -0.25) is 9.59 Å². The monoisotopic (exact) mass is 266 g/mol. The minimum absolute atomic E-state index is 0.197. The number of esters is 1. The molecule has 4 heteroatoms. The van der Waals surface area contributed by atoms with Crippen molar-refractivity contribution in [1.29, 1.82) is 0 Å². The van der Waals surface area contributed by atoms with Gasteiger partial charge in [-0.05, 0) is 55.2 Å². The molecule has 0 aliphatic heterocycles. The number of hydrogen-bond acceptors (Lipinski definition) is 4. The number of Topliss-reactive ketones (excluding diaryl/α,β-unsaturated/α-hetero) is 1. The molecule has 1 rings (SSSR count). The number of rotatable bonds is 6. The highest BCUT2D eigenvalue weighted by Crippen LogP contribution is 2.33. The van der Waals surface area contributed by atoms with E-state index in [1.807, 2.05) is 16.8 Å². The predicted octanol–water partition coefficient (Wildman–Crippen LogP) is 3.31. The quantitative estimate of drug-likeness (QED) is 0.586. The summed E-state index contributed by atoms with van der Waals surface area (Å²) in [6, 6.07) is 1.93. The Morgan fingerprint density at radius 3 is 2.61 bits per heavy atom. The first-order chi connectivity index (χ1) is 8.41. The summed E-state index contributed by atoms with van der Waals surface area (Å²) in [6.07, 6.45) is 0.290. The van der Waals surface area contributed by atoms with Crippen LogP contribution in [0.4, 0.5) is 0 Å². The number of carbonyl (C=O) groups is 2. The molecule has 1 atom stereocenters. The van der Waals surface area contributed by atoms with Crippen LogP contribution < -0.4 is 0 Å². The molecule has 18 heavy (non-hydrogen) atoms. The molecule has 3 nitrogen and oxygen atoms in total. The van der Waals surface area contributed by atoms with Crippen molar-refractivity contribution in [2.45, 2.75) is 27.2 Å². The van der Waals surface area contributed by atoms with Crippen molar-refractivity contribution in [3.05, 3.63) is 29.0 Å². The molecule has 0 amide bonds. The van der Waals surface area contributed by atoms with Gasteiger partial charge in [0.2, 0.25) is 0 Å². The number of thiophene rings is 1. The zero-order chi connectivity index (χ0) is 13.8. The highest BCUT2D eigenvalue weighted by atomic mass is 32.1. The van der Waals surface area contributed by atoms with Gasteiger partial charge in [-0.2, -0.15) is 11.3 Å². The van der Waals surface area contributed by atoms with Crippen molar-refractivity contribution in [2.24, 2.45) is 5.41 Å². The molecule has 0 aromatic carbocycles. The Hall–Kier alpha value is -1.42. The highest BCUT2D eigenvalue weighted by Gasteiger charge is 2.40. The summed E-state index contributed by atoms with van der Waals surface area (Å²) in [5.41, 5.74) is 0.605. The summed E-state index contributed by atoms with van der Waals surface area (Å²) in [7, 11) is 0. The smallest absolute Gasteiger partial charge is 0.319 e. The minimum atomic E-state index is -1.14. The maximum Gasteiger partial charge on any atom is 0.319 e. The minimum Gasteiger partial charge on any atom is -0.465 e. The van der Waals surface area contributed by atoms with Gasteiger partial charge in [-0.25, -0.2) is 0 Å². The Labute approximate surface area is 111 Å². The van der Waals surface area contributed by atoms with Gasteiger partial charge in [0.25, 0.3) is 0 Å². The molecule has 0 bridgehead atoms. The summed E-state index contributed by atoms with van der Waals surface area (Å²) >= 11 is 1.56. The molecule has 0 spiro atoms. The molecule has 98 valence electrons. The van der Waals surface area contributed by atoms with Crippen molar-refractivity contribution in [1.82, 2.24) is 0 Å². The van der Waals surface area contributed by atoms with Gasteiger partial charge >= 0.3 is 5.97 Å². The van der Waals surface area contributed by atoms with Gasteiger partial charge in [0, 0.05) is 0 Å². The second-order valence-corrected chi connectivity index (χ2v) is 5.18. The molecule has 0 aliphatic rings. The number of ketones is 1. The molecule has 1 heterocycles. The maximum absolute atomic E-state index is 11.9. The molecule has 0 fully saturated rings. The van der Waals surface area contributed by atoms with Gasteiger partial charge in [0.1, 0.15) is 11.2 Å². The van der Waals surface area contributed by atoms with Crippen LogP contribution in [0.1, 0.15) is 32.8 Å². The summed E-state index contributed by atoms with van der Waals surface area (Å²) in [6.45, 7) is 8.98. The lowest BCUT2D eigenvalue weighted by atomic mass is 9.79. The molecule has 0 radical (unpaired) electrons. The summed E-state index contributed by atoms with van der Waals surface area (Å²) in [5.74, 6) is -0.675. The lowest BCUT2D eigenvalue weighted by molar-refractivity contribution is -0.158. The van der Waals surface area contributed by atoms with Gasteiger partial charge in [0.05, 0.1) is 6.61 Å². The number of ether oxygens (including phenoxy) is 1. The molecule has 0 aliphatic carbocycles. The molecule has 0 unspecified atom stereocenters. The molecule has 0 saturated carbocycles. The number of hydrogen-bond donors (Lipinski definition) is 0. The van der Waals surface area contributed by atoms with Crippen LogP contribution in [0.2, 0.25) is 0 Å². The Balaban J connectivity index is 2.90. The van der Waals surface area contributed by atoms with Crippen LogP contribution in [0, 0.1) is 5.41 Å². The van der Waals surface area contributed by atoms with E-state index in [1.54, 1.807) is 25.2 Å². The van der Waals surface area contributed by atoms with Crippen molar-refractivity contribution in [3.8, 4) is 0 Å². The van der Waals surface area contributed by atoms with Crippen LogP contribution in [0.15, 0.2) is 23.4 Å². The van der Waals surface area contributed by atoms with Gasteiger partial charge in [0.15, 0.2) is 0 Å². The van der Waals surface area contributed by atoms with Crippen molar-refractivity contribution in [3.63, 3.8) is 0 Å².